The van der Waals surface area contributed by atoms with Crippen molar-refractivity contribution in [1.82, 2.24) is 10.3 Å². The fourth-order valence-electron chi connectivity index (χ4n) is 3.80. The zero-order valence-corrected chi connectivity index (χ0v) is 16.2. The molecule has 29 heavy (non-hydrogen) atoms. The fraction of sp³-hybridized carbons (Fsp3) is 0.273. The Morgan fingerprint density at radius 1 is 1.17 bits per heavy atom. The minimum Gasteiger partial charge on any atom is -0.381 e. The van der Waals surface area contributed by atoms with Gasteiger partial charge in [-0.15, -0.1) is 0 Å². The third-order valence-electron chi connectivity index (χ3n) is 5.16. The summed E-state index contributed by atoms with van der Waals surface area (Å²) in [5, 5.41) is 6.41. The van der Waals surface area contributed by atoms with E-state index in [9.17, 15) is 18.0 Å². The van der Waals surface area contributed by atoms with Crippen LogP contribution in [0.15, 0.2) is 30.3 Å². The summed E-state index contributed by atoms with van der Waals surface area (Å²) in [6, 6.07) is 8.19. The molecule has 4 nitrogen and oxygen atoms in total. The van der Waals surface area contributed by atoms with Crippen molar-refractivity contribution in [3.05, 3.63) is 70.2 Å². The molecule has 0 radical (unpaired) electrons. The number of pyridine rings is 1. The molecule has 4 rings (SSSR count). The van der Waals surface area contributed by atoms with E-state index in [0.29, 0.717) is 27.7 Å². The molecule has 0 saturated heterocycles. The summed E-state index contributed by atoms with van der Waals surface area (Å²) < 4.78 is 41.3. The number of fused-ring (bicyclic) bond motifs is 2. The van der Waals surface area contributed by atoms with Gasteiger partial charge in [0.1, 0.15) is 0 Å². The maximum absolute atomic E-state index is 14.1. The van der Waals surface area contributed by atoms with E-state index in [1.54, 1.807) is 12.1 Å². The first-order valence-corrected chi connectivity index (χ1v) is 9.40. The lowest BCUT2D eigenvalue weighted by Gasteiger charge is -2.15. The van der Waals surface area contributed by atoms with E-state index in [2.05, 4.69) is 15.6 Å². The Morgan fingerprint density at radius 2 is 1.93 bits per heavy atom. The zero-order chi connectivity index (χ0) is 20.9. The molecule has 1 aliphatic heterocycles. The van der Waals surface area contributed by atoms with Gasteiger partial charge in [0.05, 0.1) is 22.5 Å². The number of nitrogens with one attached hydrogen (secondary N) is 2. The van der Waals surface area contributed by atoms with Crippen LogP contribution in [-0.2, 0) is 0 Å². The third kappa shape index (κ3) is 3.20. The van der Waals surface area contributed by atoms with Crippen LogP contribution in [0.3, 0.4) is 0 Å². The van der Waals surface area contributed by atoms with Gasteiger partial charge >= 0.3 is 0 Å². The third-order valence-corrected chi connectivity index (χ3v) is 5.16. The molecule has 1 unspecified atom stereocenters. The maximum Gasteiger partial charge on any atom is 0.252 e. The number of aryl methyl sites for hydroxylation is 1. The Hall–Kier alpha value is -3.09. The van der Waals surface area contributed by atoms with Crippen LogP contribution in [0.5, 0.6) is 0 Å². The van der Waals surface area contributed by atoms with Crippen LogP contribution in [0, 0.1) is 24.4 Å². The molecule has 1 aliphatic rings. The lowest BCUT2D eigenvalue weighted by atomic mass is 9.95. The van der Waals surface area contributed by atoms with Crippen molar-refractivity contribution >= 4 is 22.5 Å². The van der Waals surface area contributed by atoms with Gasteiger partial charge in [0.2, 0.25) is 0 Å². The fourth-order valence-corrected chi connectivity index (χ4v) is 3.80. The van der Waals surface area contributed by atoms with E-state index in [-0.39, 0.29) is 24.2 Å². The predicted octanol–water partition coefficient (Wildman–Crippen LogP) is 4.66. The smallest absolute Gasteiger partial charge is 0.252 e. The highest BCUT2D eigenvalue weighted by molar-refractivity contribution is 6.07. The van der Waals surface area contributed by atoms with Gasteiger partial charge in [-0.1, -0.05) is 12.1 Å². The van der Waals surface area contributed by atoms with E-state index >= 15 is 0 Å². The molecular formula is C22H20F3N3O. The molecule has 3 aromatic rings. The van der Waals surface area contributed by atoms with Crippen LogP contribution in [0.2, 0.25) is 0 Å². The summed E-state index contributed by atoms with van der Waals surface area (Å²) in [6.07, 6.45) is 0. The van der Waals surface area contributed by atoms with Crippen molar-refractivity contribution in [2.45, 2.75) is 32.7 Å². The summed E-state index contributed by atoms with van der Waals surface area (Å²) in [4.78, 5) is 17.3. The normalized spacial score (nSPS) is 15.5. The Morgan fingerprint density at radius 3 is 2.66 bits per heavy atom. The molecule has 7 heteroatoms. The maximum atomic E-state index is 14.1. The largest absolute Gasteiger partial charge is 0.381 e. The van der Waals surface area contributed by atoms with E-state index in [1.165, 1.54) is 0 Å². The topological polar surface area (TPSA) is 54.0 Å². The molecule has 0 aliphatic carbocycles. The van der Waals surface area contributed by atoms with Gasteiger partial charge in [0.25, 0.3) is 5.91 Å². The molecule has 0 bridgehead atoms. The lowest BCUT2D eigenvalue weighted by Crippen LogP contribution is -2.30. The first kappa shape index (κ1) is 19.2. The Kier molecular flexibility index (Phi) is 4.68. The highest BCUT2D eigenvalue weighted by atomic mass is 19.2. The van der Waals surface area contributed by atoms with Gasteiger partial charge in [-0.3, -0.25) is 9.78 Å². The van der Waals surface area contributed by atoms with Gasteiger partial charge < -0.3 is 10.6 Å². The first-order valence-electron chi connectivity index (χ1n) is 9.40. The number of hydrogen-bond donors (Lipinski definition) is 2. The van der Waals surface area contributed by atoms with E-state index in [1.807, 2.05) is 32.9 Å². The molecule has 2 heterocycles. The van der Waals surface area contributed by atoms with Crippen molar-refractivity contribution in [2.24, 2.45) is 0 Å². The van der Waals surface area contributed by atoms with Crippen LogP contribution in [-0.4, -0.2) is 23.5 Å². The number of nitrogens with zero attached hydrogens (tertiary/aromatic N) is 1. The molecule has 2 aromatic carbocycles. The van der Waals surface area contributed by atoms with Crippen LogP contribution in [0.1, 0.15) is 46.9 Å². The second-order valence-corrected chi connectivity index (χ2v) is 7.57. The summed E-state index contributed by atoms with van der Waals surface area (Å²) >= 11 is 0. The zero-order valence-electron chi connectivity index (χ0n) is 16.2. The molecular weight excluding hydrogens is 379 g/mol. The van der Waals surface area contributed by atoms with Gasteiger partial charge in [-0.2, -0.15) is 0 Å². The summed E-state index contributed by atoms with van der Waals surface area (Å²) in [5.74, 6) is -4.52. The Labute approximate surface area is 166 Å². The SMILES string of the molecule is Cc1ccc2nc(C3CNc4c3cc(F)c(F)c4F)ccc2c1C(=O)NC(C)C. The number of halogens is 3. The number of aromatic nitrogens is 1. The number of anilines is 1. The van der Waals surface area contributed by atoms with Crippen LogP contribution in [0.4, 0.5) is 18.9 Å². The van der Waals surface area contributed by atoms with E-state index in [4.69, 9.17) is 0 Å². The molecule has 0 spiro atoms. The molecule has 0 fully saturated rings. The number of rotatable bonds is 3. The minimum absolute atomic E-state index is 0.00404. The summed E-state index contributed by atoms with van der Waals surface area (Å²) in [7, 11) is 0. The van der Waals surface area contributed by atoms with E-state index < -0.39 is 23.4 Å². The number of carbonyl (C=O) groups is 1. The number of hydrogen-bond acceptors (Lipinski definition) is 3. The molecule has 2 N–H and O–H groups in total. The van der Waals surface area contributed by atoms with E-state index in [0.717, 1.165) is 11.6 Å². The predicted molar refractivity (Wildman–Crippen MR) is 106 cm³/mol. The van der Waals surface area contributed by atoms with Crippen LogP contribution in [0.25, 0.3) is 10.9 Å². The van der Waals surface area contributed by atoms with Crippen LogP contribution >= 0.6 is 0 Å². The van der Waals surface area contributed by atoms with Crippen molar-refractivity contribution in [2.75, 3.05) is 11.9 Å². The van der Waals surface area contributed by atoms with Crippen molar-refractivity contribution in [1.29, 1.82) is 0 Å². The molecule has 1 amide bonds. The minimum atomic E-state index is -1.49. The summed E-state index contributed by atoms with van der Waals surface area (Å²) in [5.41, 5.74) is 2.89. The van der Waals surface area contributed by atoms with Crippen molar-refractivity contribution < 1.29 is 18.0 Å². The number of amides is 1. The van der Waals surface area contributed by atoms with Gasteiger partial charge in [-0.05, 0) is 50.1 Å². The van der Waals surface area contributed by atoms with Gasteiger partial charge in [0, 0.05) is 23.9 Å². The summed E-state index contributed by atoms with van der Waals surface area (Å²) in [6.45, 7) is 5.92. The van der Waals surface area contributed by atoms with Crippen LogP contribution < -0.4 is 10.6 Å². The number of benzene rings is 2. The monoisotopic (exact) mass is 399 g/mol. The average Bonchev–Trinajstić information content (AvgIpc) is 3.08. The van der Waals surface area contributed by atoms with Crippen molar-refractivity contribution in [3.8, 4) is 0 Å². The second kappa shape index (κ2) is 7.06. The second-order valence-electron chi connectivity index (χ2n) is 7.57. The quantitative estimate of drug-likeness (QED) is 0.630. The molecule has 1 aromatic heterocycles. The van der Waals surface area contributed by atoms with Crippen molar-refractivity contribution in [3.63, 3.8) is 0 Å². The Bertz CT molecular complexity index is 1140. The Balaban J connectivity index is 1.80. The average molecular weight is 399 g/mol. The van der Waals surface area contributed by atoms with Gasteiger partial charge in [-0.25, -0.2) is 13.2 Å². The highest BCUT2D eigenvalue weighted by Gasteiger charge is 2.31. The lowest BCUT2D eigenvalue weighted by molar-refractivity contribution is 0.0944. The highest BCUT2D eigenvalue weighted by Crippen LogP contribution is 2.39. The molecule has 0 saturated carbocycles. The molecule has 1 atom stereocenters. The standard InChI is InChI=1S/C22H20F3N3O/c1-10(2)27-22(29)18-11(3)4-6-16-12(18)5-7-17(28-16)14-9-26-21-13(14)8-15(23)19(24)20(21)25/h4-8,10,14,26H,9H2,1-3H3,(H,27,29). The number of carbonyl (C=O) groups excluding carboxylic acids is 1. The first-order chi connectivity index (χ1) is 13.8. The molecule has 150 valence electrons. The van der Waals surface area contributed by atoms with Gasteiger partial charge in [0.15, 0.2) is 17.5 Å².